The highest BCUT2D eigenvalue weighted by molar-refractivity contribution is 8.00. The van der Waals surface area contributed by atoms with Gasteiger partial charge >= 0.3 is 0 Å². The minimum absolute atomic E-state index is 0.175. The summed E-state index contributed by atoms with van der Waals surface area (Å²) in [6.07, 6.45) is 0. The fourth-order valence-electron chi connectivity index (χ4n) is 1.64. The first-order valence-electron chi connectivity index (χ1n) is 6.29. The molecule has 1 aromatic carbocycles. The van der Waals surface area contributed by atoms with Gasteiger partial charge in [-0.05, 0) is 32.0 Å². The predicted octanol–water partition coefficient (Wildman–Crippen LogP) is 1.82. The number of H-pyrrole nitrogens is 1. The molecular weight excluding hydrogens is 290 g/mol. The van der Waals surface area contributed by atoms with E-state index >= 15 is 0 Å². The van der Waals surface area contributed by atoms with E-state index in [4.69, 9.17) is 10.5 Å². The molecule has 0 radical (unpaired) electrons. The number of aryl methyl sites for hydroxylation is 1. The number of methoxy groups -OCH3 is 1. The van der Waals surface area contributed by atoms with Gasteiger partial charge in [-0.25, -0.2) is 4.98 Å². The first kappa shape index (κ1) is 15.2. The van der Waals surface area contributed by atoms with E-state index in [1.165, 1.54) is 18.9 Å². The SMILES string of the molecule is COc1ccc(N)cc1NC(=O)C(C)Sc1n[nH]c(C)n1. The smallest absolute Gasteiger partial charge is 0.237 e. The minimum Gasteiger partial charge on any atom is -0.495 e. The summed E-state index contributed by atoms with van der Waals surface area (Å²) in [5.41, 5.74) is 6.82. The predicted molar refractivity (Wildman–Crippen MR) is 82.5 cm³/mol. The highest BCUT2D eigenvalue weighted by atomic mass is 32.2. The lowest BCUT2D eigenvalue weighted by Crippen LogP contribution is -2.23. The van der Waals surface area contributed by atoms with Crippen molar-refractivity contribution in [2.24, 2.45) is 0 Å². The number of carbonyl (C=O) groups is 1. The zero-order valence-corrected chi connectivity index (χ0v) is 12.8. The first-order valence-corrected chi connectivity index (χ1v) is 7.17. The standard InChI is InChI=1S/C13H17N5O2S/c1-7(21-13-15-8(2)17-18-13)12(19)16-10-6-9(14)4-5-11(10)20-3/h4-7H,14H2,1-3H3,(H,16,19)(H,15,17,18). The maximum atomic E-state index is 12.2. The molecule has 0 saturated carbocycles. The summed E-state index contributed by atoms with van der Waals surface area (Å²) in [6, 6.07) is 5.08. The van der Waals surface area contributed by atoms with Gasteiger partial charge in [-0.2, -0.15) is 0 Å². The molecule has 0 saturated heterocycles. The topological polar surface area (TPSA) is 106 Å². The molecule has 0 bridgehead atoms. The van der Waals surface area contributed by atoms with Gasteiger partial charge in [0.2, 0.25) is 11.1 Å². The third kappa shape index (κ3) is 3.88. The number of rotatable bonds is 5. The molecule has 1 unspecified atom stereocenters. The van der Waals surface area contributed by atoms with Crippen molar-refractivity contribution >= 4 is 29.0 Å². The van der Waals surface area contributed by atoms with E-state index in [9.17, 15) is 4.79 Å². The third-order valence-electron chi connectivity index (χ3n) is 2.71. The Labute approximate surface area is 126 Å². The Morgan fingerprint density at radius 3 is 2.90 bits per heavy atom. The fourth-order valence-corrected chi connectivity index (χ4v) is 2.41. The van der Waals surface area contributed by atoms with Crippen molar-refractivity contribution in [2.75, 3.05) is 18.2 Å². The monoisotopic (exact) mass is 307 g/mol. The van der Waals surface area contributed by atoms with Crippen LogP contribution in [0, 0.1) is 6.92 Å². The van der Waals surface area contributed by atoms with Crippen molar-refractivity contribution in [3.63, 3.8) is 0 Å². The molecule has 7 nitrogen and oxygen atoms in total. The number of hydrogen-bond donors (Lipinski definition) is 3. The lowest BCUT2D eigenvalue weighted by molar-refractivity contribution is -0.115. The number of nitrogen functional groups attached to an aromatic ring is 1. The summed E-state index contributed by atoms with van der Waals surface area (Å²) in [4.78, 5) is 16.4. The van der Waals surface area contributed by atoms with E-state index < -0.39 is 0 Å². The van der Waals surface area contributed by atoms with Crippen LogP contribution in [0.3, 0.4) is 0 Å². The van der Waals surface area contributed by atoms with Gasteiger partial charge < -0.3 is 15.8 Å². The summed E-state index contributed by atoms with van der Waals surface area (Å²) < 4.78 is 5.20. The van der Waals surface area contributed by atoms with Gasteiger partial charge in [-0.15, -0.1) is 5.10 Å². The highest BCUT2D eigenvalue weighted by Gasteiger charge is 2.18. The molecule has 2 rings (SSSR count). The van der Waals surface area contributed by atoms with Crippen molar-refractivity contribution in [1.29, 1.82) is 0 Å². The van der Waals surface area contributed by atoms with Crippen molar-refractivity contribution in [1.82, 2.24) is 15.2 Å². The molecule has 2 aromatic rings. The molecule has 1 amide bonds. The van der Waals surface area contributed by atoms with Crippen LogP contribution >= 0.6 is 11.8 Å². The second kappa shape index (κ2) is 6.49. The van der Waals surface area contributed by atoms with Gasteiger partial charge in [-0.3, -0.25) is 9.89 Å². The highest BCUT2D eigenvalue weighted by Crippen LogP contribution is 2.28. The van der Waals surface area contributed by atoms with Gasteiger partial charge in [-0.1, -0.05) is 11.8 Å². The summed E-state index contributed by atoms with van der Waals surface area (Å²) >= 11 is 1.27. The summed E-state index contributed by atoms with van der Waals surface area (Å²) in [7, 11) is 1.54. The number of ether oxygens (including phenoxy) is 1. The maximum absolute atomic E-state index is 12.2. The van der Waals surface area contributed by atoms with E-state index in [0.717, 1.165) is 0 Å². The number of thioether (sulfide) groups is 1. The number of benzene rings is 1. The lowest BCUT2D eigenvalue weighted by Gasteiger charge is -2.13. The van der Waals surface area contributed by atoms with Crippen LogP contribution in [0.2, 0.25) is 0 Å². The van der Waals surface area contributed by atoms with Gasteiger partial charge in [0.15, 0.2) is 0 Å². The van der Waals surface area contributed by atoms with E-state index in [1.54, 1.807) is 32.0 Å². The molecule has 8 heteroatoms. The minimum atomic E-state index is -0.355. The molecule has 0 aliphatic heterocycles. The van der Waals surface area contributed by atoms with Crippen LogP contribution in [0.25, 0.3) is 0 Å². The van der Waals surface area contributed by atoms with Crippen LogP contribution in [0.5, 0.6) is 5.75 Å². The van der Waals surface area contributed by atoms with Crippen molar-refractivity contribution in [2.45, 2.75) is 24.3 Å². The molecule has 0 fully saturated rings. The molecule has 1 heterocycles. The number of nitrogens with zero attached hydrogens (tertiary/aromatic N) is 2. The third-order valence-corrected chi connectivity index (χ3v) is 3.67. The number of anilines is 2. The van der Waals surface area contributed by atoms with Crippen LogP contribution in [-0.2, 0) is 4.79 Å². The fraction of sp³-hybridized carbons (Fsp3) is 0.308. The van der Waals surface area contributed by atoms with E-state index in [1.807, 2.05) is 0 Å². The summed E-state index contributed by atoms with van der Waals surface area (Å²) in [5.74, 6) is 1.09. The molecule has 0 aliphatic carbocycles. The number of nitrogens with one attached hydrogen (secondary N) is 2. The number of carbonyl (C=O) groups excluding carboxylic acids is 1. The molecule has 0 aliphatic rings. The first-order chi connectivity index (χ1) is 9.99. The van der Waals surface area contributed by atoms with Gasteiger partial charge in [0.1, 0.15) is 11.6 Å². The Balaban J connectivity index is 2.05. The second-order valence-corrected chi connectivity index (χ2v) is 5.72. The maximum Gasteiger partial charge on any atom is 0.237 e. The molecule has 1 aromatic heterocycles. The van der Waals surface area contributed by atoms with Crippen LogP contribution in [0.15, 0.2) is 23.4 Å². The average molecular weight is 307 g/mol. The summed E-state index contributed by atoms with van der Waals surface area (Å²) in [6.45, 7) is 3.59. The Morgan fingerprint density at radius 1 is 1.52 bits per heavy atom. The lowest BCUT2D eigenvalue weighted by atomic mass is 10.2. The van der Waals surface area contributed by atoms with Crippen LogP contribution < -0.4 is 15.8 Å². The zero-order valence-electron chi connectivity index (χ0n) is 12.0. The van der Waals surface area contributed by atoms with Crippen molar-refractivity contribution in [3.05, 3.63) is 24.0 Å². The zero-order chi connectivity index (χ0) is 15.4. The van der Waals surface area contributed by atoms with Crippen LogP contribution in [-0.4, -0.2) is 33.4 Å². The van der Waals surface area contributed by atoms with Crippen LogP contribution in [0.4, 0.5) is 11.4 Å². The number of aromatic amines is 1. The summed E-state index contributed by atoms with van der Waals surface area (Å²) in [5, 5.41) is 9.71. The number of amides is 1. The quantitative estimate of drug-likeness (QED) is 0.575. The number of aromatic nitrogens is 3. The molecule has 0 spiro atoms. The Morgan fingerprint density at radius 2 is 2.29 bits per heavy atom. The average Bonchev–Trinajstić information content (AvgIpc) is 2.84. The number of hydrogen-bond acceptors (Lipinski definition) is 6. The largest absolute Gasteiger partial charge is 0.495 e. The van der Waals surface area contributed by atoms with Crippen molar-refractivity contribution < 1.29 is 9.53 Å². The van der Waals surface area contributed by atoms with Crippen LogP contribution in [0.1, 0.15) is 12.7 Å². The van der Waals surface area contributed by atoms with Crippen molar-refractivity contribution in [3.8, 4) is 5.75 Å². The van der Waals surface area contributed by atoms with Gasteiger partial charge in [0.05, 0.1) is 18.0 Å². The molecular formula is C13H17N5O2S. The van der Waals surface area contributed by atoms with E-state index in [-0.39, 0.29) is 11.2 Å². The van der Waals surface area contributed by atoms with E-state index in [2.05, 4.69) is 20.5 Å². The van der Waals surface area contributed by atoms with Gasteiger partial charge in [0, 0.05) is 5.69 Å². The second-order valence-electron chi connectivity index (χ2n) is 4.41. The molecule has 112 valence electrons. The van der Waals surface area contributed by atoms with E-state index in [0.29, 0.717) is 28.1 Å². The molecule has 21 heavy (non-hydrogen) atoms. The molecule has 4 N–H and O–H groups in total. The number of nitrogens with two attached hydrogens (primary N) is 1. The Bertz CT molecular complexity index is 643. The van der Waals surface area contributed by atoms with Gasteiger partial charge in [0.25, 0.3) is 0 Å². The Kier molecular flexibility index (Phi) is 4.69. The molecule has 1 atom stereocenters. The normalized spacial score (nSPS) is 12.0. The Hall–Kier alpha value is -2.22.